The van der Waals surface area contributed by atoms with Crippen molar-refractivity contribution in [3.05, 3.63) is 33.7 Å². The summed E-state index contributed by atoms with van der Waals surface area (Å²) in [6, 6.07) is 3.93. The lowest BCUT2D eigenvalue weighted by Gasteiger charge is -2.09. The van der Waals surface area contributed by atoms with Crippen molar-refractivity contribution in [1.82, 2.24) is 9.88 Å². The van der Waals surface area contributed by atoms with Crippen LogP contribution in [0.25, 0.3) is 0 Å². The minimum atomic E-state index is 0.140. The lowest BCUT2D eigenvalue weighted by molar-refractivity contribution is 0.644. The van der Waals surface area contributed by atoms with E-state index in [4.69, 9.17) is 0 Å². The molecule has 0 saturated carbocycles. The number of pyridine rings is 1. The van der Waals surface area contributed by atoms with Gasteiger partial charge in [-0.15, -0.1) is 0 Å². The fourth-order valence-corrected chi connectivity index (χ4v) is 1.64. The summed E-state index contributed by atoms with van der Waals surface area (Å²) in [5.41, 5.74) is 2.03. The highest BCUT2D eigenvalue weighted by Gasteiger charge is 2.03. The Morgan fingerprint density at radius 3 is 2.67 bits per heavy atom. The molecule has 1 aromatic heterocycles. The molecule has 0 radical (unpaired) electrons. The molecule has 15 heavy (non-hydrogen) atoms. The number of rotatable bonds is 5. The van der Waals surface area contributed by atoms with Gasteiger partial charge in [0.1, 0.15) is 0 Å². The molecule has 1 heterocycles. The van der Waals surface area contributed by atoms with Crippen LogP contribution < -0.4 is 10.9 Å². The number of hydrogen-bond donors (Lipinski definition) is 1. The lowest BCUT2D eigenvalue weighted by atomic mass is 10.2. The van der Waals surface area contributed by atoms with Crippen molar-refractivity contribution in [2.45, 2.75) is 40.3 Å². The third kappa shape index (κ3) is 2.93. The quantitative estimate of drug-likeness (QED) is 0.747. The van der Waals surface area contributed by atoms with Gasteiger partial charge in [0, 0.05) is 24.3 Å². The van der Waals surface area contributed by atoms with E-state index in [-0.39, 0.29) is 5.56 Å². The van der Waals surface area contributed by atoms with E-state index in [0.717, 1.165) is 30.8 Å². The minimum absolute atomic E-state index is 0.140. The molecule has 0 aliphatic carbocycles. The van der Waals surface area contributed by atoms with Crippen LogP contribution in [-0.4, -0.2) is 11.1 Å². The van der Waals surface area contributed by atoms with Crippen LogP contribution in [0.2, 0.25) is 0 Å². The Labute approximate surface area is 91.1 Å². The van der Waals surface area contributed by atoms with Gasteiger partial charge in [-0.05, 0) is 32.9 Å². The Bertz CT molecular complexity index is 368. The average molecular weight is 208 g/mol. The second kappa shape index (κ2) is 5.71. The Morgan fingerprint density at radius 2 is 2.07 bits per heavy atom. The molecule has 1 N–H and O–H groups in total. The number of hydrogen-bond acceptors (Lipinski definition) is 2. The first-order valence-corrected chi connectivity index (χ1v) is 5.60. The highest BCUT2D eigenvalue weighted by molar-refractivity contribution is 5.15. The van der Waals surface area contributed by atoms with E-state index < -0.39 is 0 Å². The van der Waals surface area contributed by atoms with Crippen molar-refractivity contribution < 1.29 is 0 Å². The van der Waals surface area contributed by atoms with Crippen molar-refractivity contribution in [3.63, 3.8) is 0 Å². The molecule has 0 saturated heterocycles. The summed E-state index contributed by atoms with van der Waals surface area (Å²) in [7, 11) is 0. The molecule has 3 heteroatoms. The van der Waals surface area contributed by atoms with Crippen LogP contribution in [0.1, 0.15) is 31.5 Å². The number of nitrogens with one attached hydrogen (secondary N) is 1. The van der Waals surface area contributed by atoms with Crippen LogP contribution in [0.5, 0.6) is 0 Å². The minimum Gasteiger partial charge on any atom is -0.313 e. The van der Waals surface area contributed by atoms with E-state index in [1.54, 1.807) is 0 Å². The third-order valence-electron chi connectivity index (χ3n) is 2.53. The second-order valence-corrected chi connectivity index (χ2v) is 3.73. The average Bonchev–Trinajstić information content (AvgIpc) is 2.22. The summed E-state index contributed by atoms with van der Waals surface area (Å²) in [6.45, 7) is 8.46. The maximum atomic E-state index is 11.9. The topological polar surface area (TPSA) is 34.0 Å². The van der Waals surface area contributed by atoms with Crippen LogP contribution in [0.3, 0.4) is 0 Å². The molecule has 1 aromatic rings. The molecule has 0 atom stereocenters. The van der Waals surface area contributed by atoms with Gasteiger partial charge in [-0.1, -0.05) is 13.0 Å². The number of aromatic nitrogens is 1. The van der Waals surface area contributed by atoms with Gasteiger partial charge in [0.15, 0.2) is 0 Å². The zero-order chi connectivity index (χ0) is 11.3. The van der Waals surface area contributed by atoms with Crippen LogP contribution >= 0.6 is 0 Å². The largest absolute Gasteiger partial charge is 0.313 e. The first kappa shape index (κ1) is 12.0. The lowest BCUT2D eigenvalue weighted by Crippen LogP contribution is -2.28. The fourth-order valence-electron chi connectivity index (χ4n) is 1.64. The van der Waals surface area contributed by atoms with Crippen molar-refractivity contribution >= 4 is 0 Å². The van der Waals surface area contributed by atoms with Gasteiger partial charge in [0.2, 0.25) is 0 Å². The standard InChI is InChI=1S/C12H20N2O/c1-4-8-13-9-11-7-6-10(3)14(5-2)12(11)15/h6-7,13H,4-5,8-9H2,1-3H3. The summed E-state index contributed by atoms with van der Waals surface area (Å²) in [5, 5.41) is 3.25. The van der Waals surface area contributed by atoms with Gasteiger partial charge in [-0.2, -0.15) is 0 Å². The smallest absolute Gasteiger partial charge is 0.255 e. The van der Waals surface area contributed by atoms with Gasteiger partial charge in [0.25, 0.3) is 5.56 Å². The van der Waals surface area contributed by atoms with E-state index in [1.807, 2.05) is 30.5 Å². The maximum Gasteiger partial charge on any atom is 0.255 e. The van der Waals surface area contributed by atoms with Crippen LogP contribution in [0, 0.1) is 6.92 Å². The summed E-state index contributed by atoms with van der Waals surface area (Å²) < 4.78 is 1.81. The van der Waals surface area contributed by atoms with E-state index in [2.05, 4.69) is 12.2 Å². The van der Waals surface area contributed by atoms with Gasteiger partial charge in [-0.25, -0.2) is 0 Å². The SMILES string of the molecule is CCCNCc1ccc(C)n(CC)c1=O. The van der Waals surface area contributed by atoms with Gasteiger partial charge in [-0.3, -0.25) is 4.79 Å². The highest BCUT2D eigenvalue weighted by Crippen LogP contribution is 1.98. The predicted molar refractivity (Wildman–Crippen MR) is 63.1 cm³/mol. The molecular weight excluding hydrogens is 188 g/mol. The van der Waals surface area contributed by atoms with E-state index >= 15 is 0 Å². The number of aryl methyl sites for hydroxylation is 1. The first-order chi connectivity index (χ1) is 7.20. The normalized spacial score (nSPS) is 10.6. The summed E-state index contributed by atoms with van der Waals surface area (Å²) in [4.78, 5) is 11.9. The molecular formula is C12H20N2O. The van der Waals surface area contributed by atoms with E-state index in [1.165, 1.54) is 0 Å². The van der Waals surface area contributed by atoms with Crippen molar-refractivity contribution in [3.8, 4) is 0 Å². The zero-order valence-corrected chi connectivity index (χ0v) is 9.84. The molecule has 0 spiro atoms. The highest BCUT2D eigenvalue weighted by atomic mass is 16.1. The molecule has 0 aliphatic heterocycles. The fraction of sp³-hybridized carbons (Fsp3) is 0.583. The predicted octanol–water partition coefficient (Wildman–Crippen LogP) is 1.68. The Kier molecular flexibility index (Phi) is 4.56. The summed E-state index contributed by atoms with van der Waals surface area (Å²) >= 11 is 0. The molecule has 0 aromatic carbocycles. The Balaban J connectivity index is 2.86. The first-order valence-electron chi connectivity index (χ1n) is 5.60. The molecule has 0 amide bonds. The van der Waals surface area contributed by atoms with E-state index in [9.17, 15) is 4.79 Å². The van der Waals surface area contributed by atoms with Crippen LogP contribution in [0.15, 0.2) is 16.9 Å². The van der Waals surface area contributed by atoms with E-state index in [0.29, 0.717) is 6.54 Å². The molecule has 3 nitrogen and oxygen atoms in total. The molecule has 0 bridgehead atoms. The molecule has 0 fully saturated rings. The third-order valence-corrected chi connectivity index (χ3v) is 2.53. The van der Waals surface area contributed by atoms with Crippen molar-refractivity contribution in [2.24, 2.45) is 0 Å². The van der Waals surface area contributed by atoms with Gasteiger partial charge < -0.3 is 9.88 Å². The van der Waals surface area contributed by atoms with Crippen molar-refractivity contribution in [2.75, 3.05) is 6.54 Å². The summed E-state index contributed by atoms with van der Waals surface area (Å²) in [5.74, 6) is 0. The Hall–Kier alpha value is -1.09. The van der Waals surface area contributed by atoms with Crippen molar-refractivity contribution in [1.29, 1.82) is 0 Å². The molecule has 1 rings (SSSR count). The number of nitrogens with zero attached hydrogens (tertiary/aromatic N) is 1. The zero-order valence-electron chi connectivity index (χ0n) is 9.84. The van der Waals surface area contributed by atoms with Crippen LogP contribution in [0.4, 0.5) is 0 Å². The second-order valence-electron chi connectivity index (χ2n) is 3.73. The van der Waals surface area contributed by atoms with Gasteiger partial charge >= 0.3 is 0 Å². The molecule has 0 aliphatic rings. The van der Waals surface area contributed by atoms with Crippen LogP contribution in [-0.2, 0) is 13.1 Å². The monoisotopic (exact) mass is 208 g/mol. The molecule has 0 unspecified atom stereocenters. The molecule has 84 valence electrons. The Morgan fingerprint density at radius 1 is 1.33 bits per heavy atom. The summed E-state index contributed by atoms with van der Waals surface area (Å²) in [6.07, 6.45) is 1.09. The van der Waals surface area contributed by atoms with Gasteiger partial charge in [0.05, 0.1) is 0 Å². The maximum absolute atomic E-state index is 11.9.